The molecule has 3 heterocycles. The molecule has 0 N–H and O–H groups in total. The highest BCUT2D eigenvalue weighted by atomic mass is 16.3. The summed E-state index contributed by atoms with van der Waals surface area (Å²) in [7, 11) is 0. The van der Waals surface area contributed by atoms with Crippen LogP contribution in [0.1, 0.15) is 0 Å². The maximum atomic E-state index is 6.62. The highest BCUT2D eigenvalue weighted by molar-refractivity contribution is 6.30. The second-order valence-electron chi connectivity index (χ2n) is 30.1. The van der Waals surface area contributed by atoms with Crippen LogP contribution in [0.2, 0.25) is 0 Å². The Hall–Kier alpha value is -15.4. The zero-order valence-electron chi connectivity index (χ0n) is 63.8. The Bertz CT molecular complexity index is 7780. The third-order valence-corrected chi connectivity index (χ3v) is 23.6. The first-order valence-electron chi connectivity index (χ1n) is 40.1. The zero-order valence-corrected chi connectivity index (χ0v) is 63.8. The van der Waals surface area contributed by atoms with E-state index in [1.165, 1.54) is 137 Å². The maximum Gasteiger partial charge on any atom is 0.143 e. The molecule has 0 aliphatic heterocycles. The van der Waals surface area contributed by atoms with E-state index in [0.717, 1.165) is 93.6 Å². The summed E-state index contributed by atoms with van der Waals surface area (Å²) in [6.45, 7) is 0. The molecule has 0 saturated heterocycles. The van der Waals surface area contributed by atoms with Crippen molar-refractivity contribution in [1.82, 2.24) is 0 Å². The molecule has 0 amide bonds. The number of furan rings is 3. The smallest absolute Gasteiger partial charge is 0.143 e. The number of rotatable bonds is 9. The van der Waals surface area contributed by atoms with Gasteiger partial charge >= 0.3 is 0 Å². The summed E-state index contributed by atoms with van der Waals surface area (Å²) in [6.07, 6.45) is 0. The monoisotopic (exact) mass is 1490 g/mol. The van der Waals surface area contributed by atoms with E-state index < -0.39 is 0 Å². The summed E-state index contributed by atoms with van der Waals surface area (Å²) in [4.78, 5) is 0. The van der Waals surface area contributed by atoms with E-state index >= 15 is 0 Å². The summed E-state index contributed by atoms with van der Waals surface area (Å²) in [5, 5.41) is 21.9. The standard InChI is InChI=1S/3C38H24O/c1-3-13-25(14-4-1)27-21-11-23-33-37-32(22-12-24-34(37)39-38(27)33)36-30-19-9-7-17-28(30)35(26-15-5-2-6-16-26)29-18-8-10-20-31(29)36;1-3-13-25(14-4-1)27-23-33(38-32-21-11-12-22-34(32)39-35(38)24-27)37-30-19-9-7-17-28(30)36(26-15-5-2-6-16-26)29-18-8-10-20-31(29)37;1-3-13-25(14-4-1)27-23-24-33(37-32-21-11-12-22-34(32)39-38(27)37)36-30-19-9-7-17-28(30)35(26-15-5-2-6-16-26)29-18-8-10-20-31(29)36/h3*1-24H. The third kappa shape index (κ3) is 11.7. The molecule has 0 bridgehead atoms. The molecule has 3 nitrogen and oxygen atoms in total. The van der Waals surface area contributed by atoms with Crippen molar-refractivity contribution in [2.75, 3.05) is 0 Å². The molecule has 21 aromatic carbocycles. The minimum Gasteiger partial charge on any atom is -0.456 e. The summed E-state index contributed by atoms with van der Waals surface area (Å²) >= 11 is 0. The van der Waals surface area contributed by atoms with Gasteiger partial charge in [0.2, 0.25) is 0 Å². The summed E-state index contributed by atoms with van der Waals surface area (Å²) in [5.41, 5.74) is 27.2. The number of benzene rings is 21. The second kappa shape index (κ2) is 29.0. The average Bonchev–Trinajstić information content (AvgIpc) is 1.71. The van der Waals surface area contributed by atoms with Gasteiger partial charge in [0, 0.05) is 43.4 Å². The molecule has 0 atom stereocenters. The zero-order chi connectivity index (χ0) is 77.3. The molecule has 0 aliphatic rings. The van der Waals surface area contributed by atoms with Gasteiger partial charge in [-0.25, -0.2) is 0 Å². The van der Waals surface area contributed by atoms with E-state index in [9.17, 15) is 0 Å². The van der Waals surface area contributed by atoms with Crippen LogP contribution in [0, 0.1) is 0 Å². The number of fused-ring (bicyclic) bond motifs is 15. The molecule has 0 fully saturated rings. The van der Waals surface area contributed by atoms with Crippen molar-refractivity contribution in [3.63, 3.8) is 0 Å². The van der Waals surface area contributed by atoms with Crippen LogP contribution in [0.5, 0.6) is 0 Å². The number of hydrogen-bond acceptors (Lipinski definition) is 3. The van der Waals surface area contributed by atoms with Gasteiger partial charge < -0.3 is 13.3 Å². The first-order valence-corrected chi connectivity index (χ1v) is 40.1. The molecule has 24 aromatic rings. The van der Waals surface area contributed by atoms with Gasteiger partial charge in [-0.3, -0.25) is 0 Å². The molecule has 0 radical (unpaired) electrons. The highest BCUT2D eigenvalue weighted by Gasteiger charge is 2.27. The highest BCUT2D eigenvalue weighted by Crippen LogP contribution is 2.53. The SMILES string of the molecule is c1ccc(-c2c3ccccc3c(-c3ccc(-c4ccccc4)c4oc5ccccc5c34)c3ccccc23)cc1.c1ccc(-c2c3ccccc3c(-c3cccc4oc5c(-c6ccccc6)cccc5c34)c3ccccc23)cc1.c1ccc(-c2cc(-c3c4ccccc4c(-c4ccccc4)c4ccccc34)c3c(c2)oc2ccccc23)cc1. The van der Waals surface area contributed by atoms with Crippen LogP contribution < -0.4 is 0 Å². The fourth-order valence-electron chi connectivity index (χ4n) is 18.6. The minimum absolute atomic E-state index is 0.908. The van der Waals surface area contributed by atoms with Gasteiger partial charge in [0.1, 0.15) is 33.5 Å². The lowest BCUT2D eigenvalue weighted by Crippen LogP contribution is -1.92. The van der Waals surface area contributed by atoms with E-state index in [1.807, 2.05) is 12.1 Å². The predicted octanol–water partition coefficient (Wildman–Crippen LogP) is 32.7. The number of para-hydroxylation sites is 3. The second-order valence-corrected chi connectivity index (χ2v) is 30.1. The Labute approximate surface area is 676 Å². The van der Waals surface area contributed by atoms with E-state index in [2.05, 4.69) is 425 Å². The van der Waals surface area contributed by atoms with E-state index in [0.29, 0.717) is 0 Å². The van der Waals surface area contributed by atoms with Crippen LogP contribution in [0.4, 0.5) is 0 Å². The summed E-state index contributed by atoms with van der Waals surface area (Å²) < 4.78 is 19.7. The molecule has 0 spiro atoms. The van der Waals surface area contributed by atoms with Crippen molar-refractivity contribution in [3.05, 3.63) is 437 Å². The average molecular weight is 1490 g/mol. The Balaban J connectivity index is 0.000000106. The van der Waals surface area contributed by atoms with Crippen LogP contribution in [-0.2, 0) is 0 Å². The maximum absolute atomic E-state index is 6.62. The molecular formula is C114H72O3. The third-order valence-electron chi connectivity index (χ3n) is 23.6. The van der Waals surface area contributed by atoms with Gasteiger partial charge in [-0.05, 0) is 190 Å². The van der Waals surface area contributed by atoms with Crippen molar-refractivity contribution in [2.45, 2.75) is 0 Å². The van der Waals surface area contributed by atoms with Crippen LogP contribution in [0.15, 0.2) is 450 Å². The van der Waals surface area contributed by atoms with Gasteiger partial charge in [-0.2, -0.15) is 0 Å². The van der Waals surface area contributed by atoms with Crippen molar-refractivity contribution in [3.8, 4) is 100 Å². The predicted molar refractivity (Wildman–Crippen MR) is 495 cm³/mol. The quantitative estimate of drug-likeness (QED) is 0.135. The molecule has 0 saturated carbocycles. The van der Waals surface area contributed by atoms with Crippen LogP contribution in [-0.4, -0.2) is 0 Å². The van der Waals surface area contributed by atoms with Crippen LogP contribution >= 0.6 is 0 Å². The topological polar surface area (TPSA) is 39.4 Å². The van der Waals surface area contributed by atoms with E-state index in [-0.39, 0.29) is 0 Å². The largest absolute Gasteiger partial charge is 0.456 e. The summed E-state index contributed by atoms with van der Waals surface area (Å²) in [6, 6.07) is 156. The van der Waals surface area contributed by atoms with Gasteiger partial charge in [0.15, 0.2) is 0 Å². The molecule has 117 heavy (non-hydrogen) atoms. The van der Waals surface area contributed by atoms with E-state index in [1.54, 1.807) is 0 Å². The lowest BCUT2D eigenvalue weighted by Gasteiger charge is -2.19. The molecule has 0 aliphatic carbocycles. The first-order chi connectivity index (χ1) is 58.1. The fourth-order valence-corrected chi connectivity index (χ4v) is 18.6. The Morgan fingerprint density at radius 1 is 0.120 bits per heavy atom. The molecule has 0 unspecified atom stereocenters. The Morgan fingerprint density at radius 2 is 0.385 bits per heavy atom. The van der Waals surface area contributed by atoms with E-state index in [4.69, 9.17) is 13.3 Å². The van der Waals surface area contributed by atoms with Crippen LogP contribution in [0.25, 0.3) is 231 Å². The van der Waals surface area contributed by atoms with Crippen molar-refractivity contribution < 1.29 is 13.3 Å². The van der Waals surface area contributed by atoms with Gasteiger partial charge in [0.25, 0.3) is 0 Å². The number of hydrogen-bond donors (Lipinski definition) is 0. The molecule has 24 rings (SSSR count). The Morgan fingerprint density at radius 3 is 0.803 bits per heavy atom. The van der Waals surface area contributed by atoms with Crippen molar-refractivity contribution in [1.29, 1.82) is 0 Å². The van der Waals surface area contributed by atoms with Crippen molar-refractivity contribution in [2.24, 2.45) is 0 Å². The lowest BCUT2D eigenvalue weighted by atomic mass is 9.84. The normalized spacial score (nSPS) is 11.6. The Kier molecular flexibility index (Phi) is 16.9. The minimum atomic E-state index is 0.908. The van der Waals surface area contributed by atoms with Crippen molar-refractivity contribution >= 4 is 130 Å². The fraction of sp³-hybridized carbons (Fsp3) is 0. The van der Waals surface area contributed by atoms with Gasteiger partial charge in [-0.1, -0.05) is 400 Å². The molecular weight excluding hydrogens is 1420 g/mol. The first kappa shape index (κ1) is 68.4. The molecule has 3 heteroatoms. The lowest BCUT2D eigenvalue weighted by molar-refractivity contribution is 0.669. The molecule has 546 valence electrons. The van der Waals surface area contributed by atoms with Gasteiger partial charge in [-0.15, -0.1) is 0 Å². The van der Waals surface area contributed by atoms with Crippen LogP contribution in [0.3, 0.4) is 0 Å². The molecule has 3 aromatic heterocycles. The summed E-state index contributed by atoms with van der Waals surface area (Å²) in [5.74, 6) is 0. The van der Waals surface area contributed by atoms with Gasteiger partial charge in [0.05, 0.1) is 0 Å².